The van der Waals surface area contributed by atoms with Crippen molar-refractivity contribution in [3.05, 3.63) is 40.3 Å². The van der Waals surface area contributed by atoms with E-state index >= 15 is 0 Å². The van der Waals surface area contributed by atoms with Crippen LogP contribution in [0.3, 0.4) is 0 Å². The summed E-state index contributed by atoms with van der Waals surface area (Å²) in [5.41, 5.74) is 2.30. The van der Waals surface area contributed by atoms with Gasteiger partial charge in [0.05, 0.1) is 4.91 Å². The first kappa shape index (κ1) is 14.8. The van der Waals surface area contributed by atoms with E-state index in [0.29, 0.717) is 36.3 Å². The highest BCUT2D eigenvalue weighted by atomic mass is 32.2. The summed E-state index contributed by atoms with van der Waals surface area (Å²) in [7, 11) is -3.30. The summed E-state index contributed by atoms with van der Waals surface area (Å²) in [5, 5.41) is 0. The predicted octanol–water partition coefficient (Wildman–Crippen LogP) is 3.28. The summed E-state index contributed by atoms with van der Waals surface area (Å²) < 4.78 is 27.5. The van der Waals surface area contributed by atoms with Crippen molar-refractivity contribution in [2.75, 3.05) is 13.1 Å². The van der Waals surface area contributed by atoms with Gasteiger partial charge in [0.1, 0.15) is 0 Å². The number of aryl methyl sites for hydroxylation is 1. The molecule has 114 valence electrons. The summed E-state index contributed by atoms with van der Waals surface area (Å²) in [5.74, 6) is 0.889. The molecule has 0 amide bonds. The number of allylic oxidation sites excluding steroid dienone is 1. The molecule has 1 fully saturated rings. The Balaban J connectivity index is 1.91. The fourth-order valence-electron chi connectivity index (χ4n) is 3.58. The topological polar surface area (TPSA) is 37.4 Å². The number of hydrogen-bond donors (Lipinski definition) is 0. The fraction of sp³-hybridized carbons (Fsp3) is 0.529. The molecule has 4 heteroatoms. The fourth-order valence-corrected chi connectivity index (χ4v) is 5.45. The van der Waals surface area contributed by atoms with E-state index in [4.69, 9.17) is 0 Å². The predicted molar refractivity (Wildman–Crippen MR) is 86.2 cm³/mol. The Hall–Kier alpha value is -1.13. The van der Waals surface area contributed by atoms with E-state index in [0.717, 1.165) is 18.4 Å². The molecule has 0 saturated carbocycles. The van der Waals surface area contributed by atoms with Gasteiger partial charge in [-0.15, -0.1) is 0 Å². The Morgan fingerprint density at radius 3 is 2.43 bits per heavy atom. The van der Waals surface area contributed by atoms with Gasteiger partial charge >= 0.3 is 0 Å². The third-order valence-corrected chi connectivity index (χ3v) is 6.48. The molecule has 1 aromatic carbocycles. The highest BCUT2D eigenvalue weighted by Crippen LogP contribution is 2.32. The molecule has 21 heavy (non-hydrogen) atoms. The minimum Gasteiger partial charge on any atom is -0.207 e. The van der Waals surface area contributed by atoms with Gasteiger partial charge in [0.15, 0.2) is 0 Å². The third-order valence-electron chi connectivity index (χ3n) is 4.52. The number of hydrogen-bond acceptors (Lipinski definition) is 2. The van der Waals surface area contributed by atoms with Gasteiger partial charge in [-0.05, 0) is 48.3 Å². The zero-order chi connectivity index (χ0) is 15.0. The van der Waals surface area contributed by atoms with E-state index in [1.807, 2.05) is 24.3 Å². The van der Waals surface area contributed by atoms with E-state index in [1.54, 1.807) is 4.31 Å². The van der Waals surface area contributed by atoms with Crippen molar-refractivity contribution in [1.29, 1.82) is 0 Å². The van der Waals surface area contributed by atoms with Crippen LogP contribution in [0.25, 0.3) is 6.08 Å². The van der Waals surface area contributed by atoms with E-state index in [2.05, 4.69) is 19.9 Å². The maximum atomic E-state index is 12.9. The zero-order valence-corrected chi connectivity index (χ0v) is 13.6. The highest BCUT2D eigenvalue weighted by Gasteiger charge is 2.33. The molecule has 0 bridgehead atoms. The largest absolute Gasteiger partial charge is 0.239 e. The minimum absolute atomic E-state index is 0.444. The molecule has 0 N–H and O–H groups in total. The molecule has 2 atom stereocenters. The molecular weight excluding hydrogens is 282 g/mol. The molecule has 3 nitrogen and oxygen atoms in total. The molecule has 0 aromatic heterocycles. The van der Waals surface area contributed by atoms with Crippen molar-refractivity contribution in [2.24, 2.45) is 11.8 Å². The van der Waals surface area contributed by atoms with Crippen LogP contribution in [0.15, 0.2) is 29.2 Å². The van der Waals surface area contributed by atoms with Crippen LogP contribution >= 0.6 is 0 Å². The average molecular weight is 305 g/mol. The molecule has 1 aliphatic heterocycles. The molecule has 2 unspecified atom stereocenters. The van der Waals surface area contributed by atoms with Crippen molar-refractivity contribution in [3.63, 3.8) is 0 Å². The Morgan fingerprint density at radius 1 is 1.05 bits per heavy atom. The first-order valence-electron chi connectivity index (χ1n) is 7.75. The minimum atomic E-state index is -3.30. The second kappa shape index (κ2) is 5.58. The number of nitrogens with zero attached hydrogens (tertiary/aromatic N) is 1. The molecule has 1 aromatic rings. The van der Waals surface area contributed by atoms with E-state index in [9.17, 15) is 8.42 Å². The maximum absolute atomic E-state index is 12.9. The van der Waals surface area contributed by atoms with Gasteiger partial charge < -0.3 is 0 Å². The van der Waals surface area contributed by atoms with Gasteiger partial charge in [-0.25, -0.2) is 8.42 Å². The Morgan fingerprint density at radius 2 is 1.71 bits per heavy atom. The number of piperidine rings is 1. The van der Waals surface area contributed by atoms with E-state index < -0.39 is 10.0 Å². The number of rotatable bonds is 2. The first-order chi connectivity index (χ1) is 9.96. The quantitative estimate of drug-likeness (QED) is 0.841. The van der Waals surface area contributed by atoms with E-state index in [-0.39, 0.29) is 0 Å². The average Bonchev–Trinajstić information content (AvgIpc) is 2.45. The summed E-state index contributed by atoms with van der Waals surface area (Å²) in [4.78, 5) is 0.586. The third kappa shape index (κ3) is 2.92. The van der Waals surface area contributed by atoms with Crippen molar-refractivity contribution in [1.82, 2.24) is 4.31 Å². The molecule has 0 radical (unpaired) electrons. The standard InChI is InChI=1S/C17H23NO2S/c1-13-9-14(2)12-18(11-13)21(19,20)17-8-7-15-5-3-4-6-16(15)10-17/h3-6,10,13-14H,7-9,11-12H2,1-2H3. The summed E-state index contributed by atoms with van der Waals surface area (Å²) >= 11 is 0. The van der Waals surface area contributed by atoms with Crippen LogP contribution in [-0.4, -0.2) is 25.8 Å². The van der Waals surface area contributed by atoms with E-state index in [1.165, 1.54) is 5.56 Å². The summed E-state index contributed by atoms with van der Waals surface area (Å²) in [6, 6.07) is 8.07. The van der Waals surface area contributed by atoms with Gasteiger partial charge in [0, 0.05) is 13.1 Å². The number of benzene rings is 1. The normalized spacial score (nSPS) is 27.0. The van der Waals surface area contributed by atoms with Crippen LogP contribution in [-0.2, 0) is 16.4 Å². The molecule has 3 rings (SSSR count). The van der Waals surface area contributed by atoms with Gasteiger partial charge in [0.2, 0.25) is 10.0 Å². The van der Waals surface area contributed by atoms with Gasteiger partial charge in [0.25, 0.3) is 0 Å². The van der Waals surface area contributed by atoms with Crippen LogP contribution in [0, 0.1) is 11.8 Å². The Labute approximate surface area is 127 Å². The van der Waals surface area contributed by atoms with Crippen LogP contribution in [0.2, 0.25) is 0 Å². The monoisotopic (exact) mass is 305 g/mol. The second-order valence-corrected chi connectivity index (χ2v) is 8.57. The SMILES string of the molecule is CC1CC(C)CN(S(=O)(=O)C2=Cc3ccccc3CC2)C1. The van der Waals surface area contributed by atoms with Crippen LogP contribution in [0.4, 0.5) is 0 Å². The molecule has 1 aliphatic carbocycles. The van der Waals surface area contributed by atoms with Crippen molar-refractivity contribution >= 4 is 16.1 Å². The summed E-state index contributed by atoms with van der Waals surface area (Å²) in [6.07, 6.45) is 4.44. The first-order valence-corrected chi connectivity index (χ1v) is 9.19. The van der Waals surface area contributed by atoms with Crippen LogP contribution in [0.1, 0.15) is 37.8 Å². The molecular formula is C17H23NO2S. The summed E-state index contributed by atoms with van der Waals surface area (Å²) in [6.45, 7) is 5.60. The van der Waals surface area contributed by atoms with Crippen molar-refractivity contribution in [2.45, 2.75) is 33.1 Å². The van der Waals surface area contributed by atoms with Gasteiger partial charge in [-0.3, -0.25) is 0 Å². The smallest absolute Gasteiger partial charge is 0.207 e. The number of fused-ring (bicyclic) bond motifs is 1. The second-order valence-electron chi connectivity index (χ2n) is 6.58. The molecule has 1 heterocycles. The van der Waals surface area contributed by atoms with Crippen LogP contribution < -0.4 is 0 Å². The number of sulfonamides is 1. The van der Waals surface area contributed by atoms with Crippen molar-refractivity contribution < 1.29 is 8.42 Å². The Kier molecular flexibility index (Phi) is 3.93. The zero-order valence-electron chi connectivity index (χ0n) is 12.7. The van der Waals surface area contributed by atoms with Crippen LogP contribution in [0.5, 0.6) is 0 Å². The maximum Gasteiger partial charge on any atom is 0.239 e. The molecule has 1 saturated heterocycles. The van der Waals surface area contributed by atoms with Gasteiger partial charge in [-0.2, -0.15) is 4.31 Å². The lowest BCUT2D eigenvalue weighted by molar-refractivity contribution is 0.224. The lowest BCUT2D eigenvalue weighted by atomic mass is 9.94. The van der Waals surface area contributed by atoms with Crippen molar-refractivity contribution in [3.8, 4) is 0 Å². The Bertz CT molecular complexity index is 653. The molecule has 2 aliphatic rings. The van der Waals surface area contributed by atoms with Gasteiger partial charge in [-0.1, -0.05) is 38.1 Å². The lowest BCUT2D eigenvalue weighted by Gasteiger charge is -2.35. The lowest BCUT2D eigenvalue weighted by Crippen LogP contribution is -2.43. The molecule has 0 spiro atoms. The highest BCUT2D eigenvalue weighted by molar-refractivity contribution is 7.93.